The zero-order valence-electron chi connectivity index (χ0n) is 14.2. The van der Waals surface area contributed by atoms with Crippen molar-refractivity contribution in [1.29, 1.82) is 0 Å². The topological polar surface area (TPSA) is 68.1 Å². The van der Waals surface area contributed by atoms with E-state index in [0.717, 1.165) is 22.5 Å². The third kappa shape index (κ3) is 2.69. The Morgan fingerprint density at radius 1 is 0.958 bits per heavy atom. The number of hydrogen-bond acceptors (Lipinski definition) is 4. The molecule has 0 fully saturated rings. The van der Waals surface area contributed by atoms with Gasteiger partial charge in [0, 0.05) is 16.9 Å². The molecule has 24 heavy (non-hydrogen) atoms. The minimum absolute atomic E-state index is 0.110. The molecule has 5 heteroatoms. The standard InChI is InChI=1S/C19H19N3O2/c1-11-7-5-6-8-15(11)21-16-10-14(4)20-18-12(2)9-13(3)19(17(16)18)22(23)24/h5-10H,1-4H3,(H,20,21). The second-order valence-corrected chi connectivity index (χ2v) is 6.09. The average molecular weight is 321 g/mol. The van der Waals surface area contributed by atoms with Gasteiger partial charge in [0.05, 0.1) is 16.1 Å². The van der Waals surface area contributed by atoms with Gasteiger partial charge < -0.3 is 5.32 Å². The average Bonchev–Trinajstić information content (AvgIpc) is 2.50. The van der Waals surface area contributed by atoms with E-state index in [0.29, 0.717) is 22.2 Å². The monoisotopic (exact) mass is 321 g/mol. The maximum atomic E-state index is 11.7. The second-order valence-electron chi connectivity index (χ2n) is 6.09. The van der Waals surface area contributed by atoms with Crippen molar-refractivity contribution < 1.29 is 4.92 Å². The number of nitro groups is 1. The summed E-state index contributed by atoms with van der Waals surface area (Å²) < 4.78 is 0. The van der Waals surface area contributed by atoms with E-state index in [1.54, 1.807) is 6.92 Å². The fourth-order valence-electron chi connectivity index (χ4n) is 3.05. The van der Waals surface area contributed by atoms with E-state index in [1.807, 2.05) is 57.2 Å². The fraction of sp³-hybridized carbons (Fsp3) is 0.211. The molecule has 0 atom stereocenters. The third-order valence-electron chi connectivity index (χ3n) is 4.16. The summed E-state index contributed by atoms with van der Waals surface area (Å²) in [5.41, 5.74) is 5.89. The molecule has 3 aromatic rings. The SMILES string of the molecule is Cc1cc(Nc2ccccc2C)c2c([N+](=O)[O-])c(C)cc(C)c2n1. The van der Waals surface area contributed by atoms with Crippen molar-refractivity contribution in [3.8, 4) is 0 Å². The Morgan fingerprint density at radius 2 is 1.67 bits per heavy atom. The van der Waals surface area contributed by atoms with Gasteiger partial charge in [0.25, 0.3) is 5.69 Å². The highest BCUT2D eigenvalue weighted by Gasteiger charge is 2.22. The van der Waals surface area contributed by atoms with Crippen molar-refractivity contribution in [3.05, 3.63) is 68.9 Å². The zero-order valence-corrected chi connectivity index (χ0v) is 14.2. The molecule has 0 aliphatic heterocycles. The van der Waals surface area contributed by atoms with Gasteiger partial charge in [-0.25, -0.2) is 0 Å². The van der Waals surface area contributed by atoms with Crippen LogP contribution in [0.4, 0.5) is 17.1 Å². The molecular formula is C19H19N3O2. The molecule has 0 spiro atoms. The largest absolute Gasteiger partial charge is 0.354 e. The lowest BCUT2D eigenvalue weighted by molar-refractivity contribution is -0.383. The molecule has 5 nitrogen and oxygen atoms in total. The summed E-state index contributed by atoms with van der Waals surface area (Å²) in [5.74, 6) is 0. The Hall–Kier alpha value is -2.95. The van der Waals surface area contributed by atoms with Crippen molar-refractivity contribution in [2.24, 2.45) is 0 Å². The second kappa shape index (κ2) is 5.92. The van der Waals surface area contributed by atoms with Gasteiger partial charge in [0.1, 0.15) is 5.39 Å². The molecule has 3 rings (SSSR count). The number of nitrogens with one attached hydrogen (secondary N) is 1. The van der Waals surface area contributed by atoms with Crippen LogP contribution < -0.4 is 5.32 Å². The number of rotatable bonds is 3. The van der Waals surface area contributed by atoms with Crippen LogP contribution in [0.5, 0.6) is 0 Å². The summed E-state index contributed by atoms with van der Waals surface area (Å²) in [6, 6.07) is 11.6. The lowest BCUT2D eigenvalue weighted by Gasteiger charge is -2.15. The van der Waals surface area contributed by atoms with Crippen molar-refractivity contribution in [3.63, 3.8) is 0 Å². The smallest absolute Gasteiger partial charge is 0.283 e. The van der Waals surface area contributed by atoms with Crippen LogP contribution >= 0.6 is 0 Å². The summed E-state index contributed by atoms with van der Waals surface area (Å²) in [6.07, 6.45) is 0. The highest BCUT2D eigenvalue weighted by atomic mass is 16.6. The number of aromatic nitrogens is 1. The number of fused-ring (bicyclic) bond motifs is 1. The van der Waals surface area contributed by atoms with Crippen LogP contribution in [-0.4, -0.2) is 9.91 Å². The summed E-state index contributed by atoms with van der Waals surface area (Å²) in [5, 5.41) is 15.6. The molecule has 0 saturated heterocycles. The number of nitrogens with zero attached hydrogens (tertiary/aromatic N) is 2. The van der Waals surface area contributed by atoms with Gasteiger partial charge in [-0.05, 0) is 57.0 Å². The molecule has 2 aromatic carbocycles. The molecule has 0 bridgehead atoms. The predicted molar refractivity (Wildman–Crippen MR) is 97.1 cm³/mol. The van der Waals surface area contributed by atoms with Gasteiger partial charge in [0.15, 0.2) is 0 Å². The Bertz CT molecular complexity index is 964. The van der Waals surface area contributed by atoms with Gasteiger partial charge in [-0.15, -0.1) is 0 Å². The molecule has 0 radical (unpaired) electrons. The van der Waals surface area contributed by atoms with E-state index >= 15 is 0 Å². The van der Waals surface area contributed by atoms with Gasteiger partial charge in [0.2, 0.25) is 0 Å². The minimum Gasteiger partial charge on any atom is -0.354 e. The van der Waals surface area contributed by atoms with Crippen LogP contribution in [0, 0.1) is 37.8 Å². The highest BCUT2D eigenvalue weighted by molar-refractivity contribution is 6.02. The Morgan fingerprint density at radius 3 is 2.33 bits per heavy atom. The van der Waals surface area contributed by atoms with E-state index in [4.69, 9.17) is 0 Å². The summed E-state index contributed by atoms with van der Waals surface area (Å²) in [4.78, 5) is 15.9. The summed E-state index contributed by atoms with van der Waals surface area (Å²) in [7, 11) is 0. The molecule has 0 unspecified atom stereocenters. The molecule has 1 N–H and O–H groups in total. The van der Waals surface area contributed by atoms with Crippen molar-refractivity contribution >= 4 is 28.0 Å². The minimum atomic E-state index is -0.322. The van der Waals surface area contributed by atoms with Gasteiger partial charge in [-0.3, -0.25) is 15.1 Å². The summed E-state index contributed by atoms with van der Waals surface area (Å²) >= 11 is 0. The van der Waals surface area contributed by atoms with Crippen LogP contribution in [0.15, 0.2) is 36.4 Å². The number of pyridine rings is 1. The molecule has 122 valence electrons. The molecule has 1 heterocycles. The number of nitro benzene ring substituents is 1. The van der Waals surface area contributed by atoms with Crippen molar-refractivity contribution in [1.82, 2.24) is 4.98 Å². The van der Waals surface area contributed by atoms with Gasteiger partial charge in [-0.2, -0.15) is 0 Å². The maximum absolute atomic E-state index is 11.7. The van der Waals surface area contributed by atoms with E-state index < -0.39 is 0 Å². The molecule has 0 saturated carbocycles. The number of anilines is 2. The first kappa shape index (κ1) is 15.9. The lowest BCUT2D eigenvalue weighted by atomic mass is 10.0. The van der Waals surface area contributed by atoms with E-state index in [-0.39, 0.29) is 10.6 Å². The quantitative estimate of drug-likeness (QED) is 0.537. The van der Waals surface area contributed by atoms with Crippen molar-refractivity contribution in [2.45, 2.75) is 27.7 Å². The lowest BCUT2D eigenvalue weighted by Crippen LogP contribution is -2.02. The Labute approximate surface area is 140 Å². The van der Waals surface area contributed by atoms with Crippen LogP contribution in [0.2, 0.25) is 0 Å². The number of aryl methyl sites for hydroxylation is 4. The van der Waals surface area contributed by atoms with Crippen LogP contribution in [-0.2, 0) is 0 Å². The Kier molecular flexibility index (Phi) is 3.93. The van der Waals surface area contributed by atoms with E-state index in [1.165, 1.54) is 0 Å². The normalized spacial score (nSPS) is 10.8. The molecule has 1 aromatic heterocycles. The van der Waals surface area contributed by atoms with Crippen LogP contribution in [0.25, 0.3) is 10.9 Å². The molecule has 0 amide bonds. The zero-order chi connectivity index (χ0) is 17.4. The number of hydrogen-bond donors (Lipinski definition) is 1. The first-order valence-electron chi connectivity index (χ1n) is 7.77. The molecule has 0 aliphatic carbocycles. The summed E-state index contributed by atoms with van der Waals surface area (Å²) in [6.45, 7) is 7.60. The van der Waals surface area contributed by atoms with Gasteiger partial charge >= 0.3 is 0 Å². The predicted octanol–water partition coefficient (Wildman–Crippen LogP) is 5.12. The van der Waals surface area contributed by atoms with Gasteiger partial charge in [-0.1, -0.05) is 18.2 Å². The highest BCUT2D eigenvalue weighted by Crippen LogP contribution is 2.38. The maximum Gasteiger partial charge on any atom is 0.283 e. The van der Waals surface area contributed by atoms with Crippen molar-refractivity contribution in [2.75, 3.05) is 5.32 Å². The fourth-order valence-corrected chi connectivity index (χ4v) is 3.05. The van der Waals surface area contributed by atoms with E-state index in [9.17, 15) is 10.1 Å². The van der Waals surface area contributed by atoms with Crippen LogP contribution in [0.3, 0.4) is 0 Å². The van der Waals surface area contributed by atoms with E-state index in [2.05, 4.69) is 10.3 Å². The number of para-hydroxylation sites is 1. The first-order valence-corrected chi connectivity index (χ1v) is 7.77. The third-order valence-corrected chi connectivity index (χ3v) is 4.16. The first-order chi connectivity index (χ1) is 11.4. The molecular weight excluding hydrogens is 302 g/mol. The van der Waals surface area contributed by atoms with Crippen LogP contribution in [0.1, 0.15) is 22.4 Å². The molecule has 0 aliphatic rings. The Balaban J connectivity index is 2.35. The number of benzene rings is 2.